The molecule has 0 amide bonds. The Morgan fingerprint density at radius 1 is 0.870 bits per heavy atom. The second-order valence-corrected chi connectivity index (χ2v) is 10.5. The zero-order chi connectivity index (χ0) is 16.8. The van der Waals surface area contributed by atoms with Crippen molar-refractivity contribution in [2.24, 2.45) is 4.52 Å². The molecule has 0 saturated carbocycles. The lowest BCUT2D eigenvalue weighted by Gasteiger charge is -2.24. The summed E-state index contributed by atoms with van der Waals surface area (Å²) in [4.78, 5) is 11.5. The van der Waals surface area contributed by atoms with Crippen LogP contribution in [0.1, 0.15) is 13.8 Å². The Bertz CT molecular complexity index is 669. The standard InChI is InChI=1S/C16H21NO3P2S/c1-3-19-22(23,20-4-2)17-21(18,15-11-7-5-8-12-15)16-13-9-6-10-14-16/h5-14,18H,3-4H2,1-2H3. The average molecular weight is 369 g/mol. The average Bonchev–Trinajstić information content (AvgIpc) is 2.56. The molecule has 124 valence electrons. The van der Waals surface area contributed by atoms with Gasteiger partial charge >= 0.3 is 6.64 Å². The number of hydrogen-bond donors (Lipinski definition) is 1. The molecule has 0 unspecified atom stereocenters. The maximum Gasteiger partial charge on any atom is 0.310 e. The molecule has 0 aliphatic heterocycles. The third kappa shape index (κ3) is 4.60. The molecular formula is C16H21NO3P2S. The van der Waals surface area contributed by atoms with Crippen molar-refractivity contribution in [2.45, 2.75) is 13.8 Å². The summed E-state index contributed by atoms with van der Waals surface area (Å²) in [5, 5.41) is 1.47. The molecule has 0 spiro atoms. The molecule has 0 heterocycles. The summed E-state index contributed by atoms with van der Waals surface area (Å²) >= 11 is 5.52. The zero-order valence-corrected chi connectivity index (χ0v) is 15.8. The van der Waals surface area contributed by atoms with Crippen LogP contribution in [0.15, 0.2) is 65.2 Å². The number of rotatable bonds is 7. The molecule has 23 heavy (non-hydrogen) atoms. The van der Waals surface area contributed by atoms with Gasteiger partial charge in [0.15, 0.2) is 0 Å². The van der Waals surface area contributed by atoms with Crippen LogP contribution in [0.5, 0.6) is 0 Å². The molecule has 4 nitrogen and oxygen atoms in total. The Morgan fingerprint density at radius 2 is 1.26 bits per heavy atom. The normalized spacial score (nSPS) is 12.1. The zero-order valence-electron chi connectivity index (χ0n) is 13.2. The van der Waals surface area contributed by atoms with Crippen LogP contribution >= 0.6 is 13.9 Å². The van der Waals surface area contributed by atoms with Gasteiger partial charge in [-0.2, -0.15) is 4.52 Å². The van der Waals surface area contributed by atoms with E-state index in [9.17, 15) is 4.89 Å². The van der Waals surface area contributed by atoms with Crippen molar-refractivity contribution >= 4 is 36.3 Å². The van der Waals surface area contributed by atoms with Crippen molar-refractivity contribution < 1.29 is 13.9 Å². The van der Waals surface area contributed by atoms with E-state index in [0.29, 0.717) is 13.2 Å². The Hall–Kier alpha value is -0.800. The van der Waals surface area contributed by atoms with E-state index in [4.69, 9.17) is 20.9 Å². The van der Waals surface area contributed by atoms with E-state index < -0.39 is 13.9 Å². The van der Waals surface area contributed by atoms with Gasteiger partial charge in [0.05, 0.1) is 13.2 Å². The Balaban J connectivity index is 2.68. The second-order valence-electron chi connectivity index (χ2n) is 4.67. The first-order valence-electron chi connectivity index (χ1n) is 7.41. The Kier molecular flexibility index (Phi) is 6.72. The van der Waals surface area contributed by atoms with Gasteiger partial charge in [0.1, 0.15) is 7.28 Å². The van der Waals surface area contributed by atoms with Crippen molar-refractivity contribution in [1.82, 2.24) is 0 Å². The predicted octanol–water partition coefficient (Wildman–Crippen LogP) is 4.04. The van der Waals surface area contributed by atoms with Crippen LogP contribution in [-0.4, -0.2) is 18.1 Å². The number of hydrogen-bond acceptors (Lipinski definition) is 3. The molecule has 7 heteroatoms. The topological polar surface area (TPSA) is 51.0 Å². The van der Waals surface area contributed by atoms with Gasteiger partial charge in [0, 0.05) is 10.6 Å². The summed E-state index contributed by atoms with van der Waals surface area (Å²) in [5.41, 5.74) is 0. The van der Waals surface area contributed by atoms with Gasteiger partial charge < -0.3 is 13.9 Å². The Morgan fingerprint density at radius 3 is 1.61 bits per heavy atom. The van der Waals surface area contributed by atoms with Crippen molar-refractivity contribution in [1.29, 1.82) is 0 Å². The summed E-state index contributed by atoms with van der Waals surface area (Å²) in [6.45, 7) is 1.56. The largest absolute Gasteiger partial charge is 0.353 e. The first-order valence-corrected chi connectivity index (χ1v) is 11.7. The van der Waals surface area contributed by atoms with Crippen molar-refractivity contribution in [3.05, 3.63) is 60.7 Å². The monoisotopic (exact) mass is 369 g/mol. The van der Waals surface area contributed by atoms with Gasteiger partial charge in [-0.1, -0.05) is 60.7 Å². The highest BCUT2D eigenvalue weighted by atomic mass is 32.5. The van der Waals surface area contributed by atoms with Crippen LogP contribution in [-0.2, 0) is 20.9 Å². The van der Waals surface area contributed by atoms with E-state index in [0.717, 1.165) is 10.6 Å². The van der Waals surface area contributed by atoms with Crippen LogP contribution in [0.3, 0.4) is 0 Å². The molecule has 2 aromatic carbocycles. The van der Waals surface area contributed by atoms with Crippen molar-refractivity contribution in [3.8, 4) is 0 Å². The lowest BCUT2D eigenvalue weighted by Crippen LogP contribution is -2.15. The fourth-order valence-corrected chi connectivity index (χ4v) is 8.39. The SMILES string of the molecule is CCOP(=S)(N=P(O)(c1ccccc1)c1ccccc1)OCC. The summed E-state index contributed by atoms with van der Waals surface area (Å²) in [6, 6.07) is 18.8. The third-order valence-electron chi connectivity index (χ3n) is 3.06. The molecule has 0 atom stereocenters. The fraction of sp³-hybridized carbons (Fsp3) is 0.250. The van der Waals surface area contributed by atoms with E-state index in [-0.39, 0.29) is 0 Å². The molecule has 0 aliphatic carbocycles. The van der Waals surface area contributed by atoms with Crippen molar-refractivity contribution in [3.63, 3.8) is 0 Å². The van der Waals surface area contributed by atoms with Gasteiger partial charge in [-0.25, -0.2) is 0 Å². The molecule has 0 bridgehead atoms. The molecule has 0 radical (unpaired) electrons. The minimum atomic E-state index is -3.03. The van der Waals surface area contributed by atoms with Gasteiger partial charge in [-0.15, -0.1) is 0 Å². The van der Waals surface area contributed by atoms with E-state index in [1.807, 2.05) is 74.5 Å². The molecule has 1 N–H and O–H groups in total. The van der Waals surface area contributed by atoms with Crippen molar-refractivity contribution in [2.75, 3.05) is 13.2 Å². The van der Waals surface area contributed by atoms with Crippen LogP contribution in [0, 0.1) is 0 Å². The smallest absolute Gasteiger partial charge is 0.310 e. The van der Waals surface area contributed by atoms with Gasteiger partial charge in [-0.05, 0) is 25.7 Å². The first kappa shape index (κ1) is 18.5. The number of benzene rings is 2. The van der Waals surface area contributed by atoms with E-state index in [1.54, 1.807) is 0 Å². The van der Waals surface area contributed by atoms with Crippen LogP contribution < -0.4 is 10.6 Å². The highest BCUT2D eigenvalue weighted by Crippen LogP contribution is 2.60. The molecule has 0 aliphatic rings. The molecule has 0 aromatic heterocycles. The van der Waals surface area contributed by atoms with Crippen LogP contribution in [0.2, 0.25) is 0 Å². The highest BCUT2D eigenvalue weighted by molar-refractivity contribution is 8.11. The summed E-state index contributed by atoms with van der Waals surface area (Å²) in [6.07, 6.45) is 0. The van der Waals surface area contributed by atoms with E-state index >= 15 is 0 Å². The van der Waals surface area contributed by atoms with E-state index in [2.05, 4.69) is 4.52 Å². The summed E-state index contributed by atoms with van der Waals surface area (Å²) in [7, 11) is -3.03. The minimum absolute atomic E-state index is 0.393. The van der Waals surface area contributed by atoms with Gasteiger partial charge in [0.2, 0.25) is 0 Å². The lowest BCUT2D eigenvalue weighted by molar-refractivity contribution is 0.268. The van der Waals surface area contributed by atoms with Gasteiger partial charge in [0.25, 0.3) is 0 Å². The van der Waals surface area contributed by atoms with Crippen LogP contribution in [0.4, 0.5) is 0 Å². The quantitative estimate of drug-likeness (QED) is 0.749. The number of nitrogens with zero attached hydrogens (tertiary/aromatic N) is 1. The lowest BCUT2D eigenvalue weighted by atomic mass is 10.4. The third-order valence-corrected chi connectivity index (χ3v) is 9.46. The maximum absolute atomic E-state index is 11.5. The maximum atomic E-state index is 11.5. The highest BCUT2D eigenvalue weighted by Gasteiger charge is 2.28. The summed E-state index contributed by atoms with van der Waals surface area (Å²) in [5.74, 6) is 0. The minimum Gasteiger partial charge on any atom is -0.353 e. The second kappa shape index (κ2) is 8.34. The molecular weight excluding hydrogens is 348 g/mol. The molecule has 2 aromatic rings. The molecule has 0 fully saturated rings. The predicted molar refractivity (Wildman–Crippen MR) is 101 cm³/mol. The Labute approximate surface area is 142 Å². The first-order chi connectivity index (χ1) is 11.0. The van der Waals surface area contributed by atoms with Crippen LogP contribution in [0.25, 0.3) is 0 Å². The molecule has 2 rings (SSSR count). The molecule has 0 saturated heterocycles. The summed E-state index contributed by atoms with van der Waals surface area (Å²) < 4.78 is 15.8. The van der Waals surface area contributed by atoms with Gasteiger partial charge in [-0.3, -0.25) is 0 Å². The van der Waals surface area contributed by atoms with E-state index in [1.165, 1.54) is 0 Å². The fourth-order valence-electron chi connectivity index (χ4n) is 2.10.